The number of imide groups is 1. The third kappa shape index (κ3) is 135. The zero-order valence-electron chi connectivity index (χ0n) is 70.1. The molecule has 2 heterocycles. The molecule has 117 heavy (non-hydrogen) atoms. The number of nitrogens with two attached hydrogens (primary N) is 2. The minimum absolute atomic E-state index is 0. The summed E-state index contributed by atoms with van der Waals surface area (Å²) in [5.41, 5.74) is 10.4. The van der Waals surface area contributed by atoms with Gasteiger partial charge >= 0.3 is 193 Å². The van der Waals surface area contributed by atoms with Gasteiger partial charge in [0, 0.05) is 66.3 Å². The van der Waals surface area contributed by atoms with Crippen LogP contribution in [0.4, 0.5) is 28.8 Å². The summed E-state index contributed by atoms with van der Waals surface area (Å²) >= 11 is -3.09. The Morgan fingerprint density at radius 2 is 1.07 bits per heavy atom. The van der Waals surface area contributed by atoms with E-state index in [1.54, 1.807) is 5.82 Å². The van der Waals surface area contributed by atoms with E-state index in [-0.39, 0.29) is 183 Å². The van der Waals surface area contributed by atoms with Crippen molar-refractivity contribution in [3.05, 3.63) is 0 Å². The molecule has 15 radical (unpaired) electrons. The number of carboxylic acid groups (broad SMARTS) is 2. The van der Waals surface area contributed by atoms with Crippen molar-refractivity contribution in [2.45, 2.75) is 199 Å². The second kappa shape index (κ2) is 112. The zero-order chi connectivity index (χ0) is 91.8. The van der Waals surface area contributed by atoms with E-state index in [0.29, 0.717) is 96.7 Å². The van der Waals surface area contributed by atoms with Crippen LogP contribution in [-0.2, 0) is 91.1 Å². The first-order valence-electron chi connectivity index (χ1n) is 33.2. The second-order valence-corrected chi connectivity index (χ2v) is 23.5. The summed E-state index contributed by atoms with van der Waals surface area (Å²) in [7, 11) is 34.1. The molecule has 0 aromatic heterocycles. The molecular formula is C60H105B8ClIKN11Na2O32Ru. The number of carboxylic acids is 2. The molecule has 0 aromatic carbocycles. The molecule has 641 valence electrons. The van der Waals surface area contributed by atoms with Crippen LogP contribution in [0.3, 0.4) is 0 Å². The third-order valence-corrected chi connectivity index (χ3v) is 12.2. The van der Waals surface area contributed by atoms with Crippen LogP contribution >= 0.6 is 11.6 Å². The zero-order valence-corrected chi connectivity index (χ0v) is 79.9. The number of terminal acetylenes is 1. The molecule has 0 aromatic rings. The Bertz CT molecular complexity index is 2800. The number of nitrogens with zero attached hydrogens (tertiary/aromatic N) is 1. The van der Waals surface area contributed by atoms with Gasteiger partial charge in [-0.15, -0.1) is 24.4 Å². The molecule has 0 saturated carbocycles. The molecule has 2 fully saturated rings. The fourth-order valence-electron chi connectivity index (χ4n) is 7.72. The Morgan fingerprint density at radius 3 is 1.32 bits per heavy atom. The van der Waals surface area contributed by atoms with Crippen LogP contribution in [0.25, 0.3) is 0 Å². The first kappa shape index (κ1) is 148. The van der Waals surface area contributed by atoms with Crippen molar-refractivity contribution < 1.29 is 298 Å². The number of amides is 9. The molecule has 0 aliphatic carbocycles. The summed E-state index contributed by atoms with van der Waals surface area (Å²) in [6, 6.07) is -2.41. The molecular weight excluding hydrogens is 1820 g/mol. The number of hydrogen-bond donors (Lipinski definition) is 15. The first-order chi connectivity index (χ1) is 53.3. The number of unbranched alkanes of at least 4 members (excludes halogenated alkanes) is 3. The Labute approximate surface area is 802 Å². The fourth-order valence-corrected chi connectivity index (χ4v) is 7.72. The number of nitrogens with one attached hydrogen (secondary N) is 8. The molecule has 2 saturated heterocycles. The van der Waals surface area contributed by atoms with Gasteiger partial charge in [0.05, 0.1) is 34.0 Å². The molecule has 0 bridgehead atoms. The number of piperidine rings is 2. The van der Waals surface area contributed by atoms with Crippen LogP contribution in [0.1, 0.15) is 153 Å². The standard InChI is InChI=1S/C9H12B2N2O5.C9H14B2N2O4.C8H12B2N2O4.C8H19N.C7H11NO3.C6H14N2O2.C6H11NO2.C2HBO2.C2H2.CH3Cl.CH2O3.CH4O.B.IO4.K.2Na.2O.Ru.H/c1-18-7(15)5(12-8(10)16)3-2-4-6(14)13-9(11)17;1-17-7(14)6(13-9(11)16)4-2-3-5-12-8(10)15;9-7(15)11-4-2-1-3-5(6(13)14)12-8(10)16;1-6-9(7(2)3)8(4)5;1-11-7(10)5-3-2-4-6(9)8-5;7-4-2-1-3-5(8)6(9)10;8-4-5-2-1-3-6(9)7-5;4-2-1-3-5;2*1-2;2-1-4-3;1-2;;2-1(3,4)5;;;;;;;/h5H,2-4H2,1H3,(H,12,16)(H,13,14,17);6H,2-5H2,1H3,(H,12,15)(H,13,16);5H,1-4H2,(H,11,15)(H,12,16)(H,13,14);7-8H,6H2,1-5H3;5H,2-4H2,1H3,(H,8,9);5H,1-4,7-8H2,(H,9,10);5,8H,1-4H2,(H,7,9);4H;1-2H;1H3;1,3H;2H,1H3;;;;;;;;;/q;;;;;;;;;;;;;-1;3*+1;;;;-1/p-1/t5-;6-;5-;;3*5-;;;;;;;;;;;;;;/m000.000............../s1/i;;;;;;;;1D;;;;;;;;;;;;. The van der Waals surface area contributed by atoms with Crippen molar-refractivity contribution in [3.63, 3.8) is 0 Å². The Balaban J connectivity index is -0.0000000651. The number of alkyl halides is 1. The summed E-state index contributed by atoms with van der Waals surface area (Å²) in [5.74, 6) is -7.13. The van der Waals surface area contributed by atoms with Crippen molar-refractivity contribution in [1.29, 1.82) is 0 Å². The number of hydrogen-bond acceptors (Lipinski definition) is 33. The van der Waals surface area contributed by atoms with Gasteiger partial charge in [0.2, 0.25) is 49.1 Å². The third-order valence-electron chi connectivity index (χ3n) is 12.2. The molecule has 2 aliphatic rings. The Kier molecular flexibility index (Phi) is 141. The number of aliphatic carboxylic acids is 2. The summed E-state index contributed by atoms with van der Waals surface area (Å²) in [6.07, 6.45) is 18.6. The molecule has 9 amide bonds. The Hall–Kier alpha value is -4.03. The van der Waals surface area contributed by atoms with Crippen LogP contribution in [0, 0.1) is 24.7 Å². The fraction of sp³-hybridized carbons (Fsp3) is 0.683. The van der Waals surface area contributed by atoms with Gasteiger partial charge in [0.25, 0.3) is 6.47 Å². The van der Waals surface area contributed by atoms with Gasteiger partial charge in [-0.2, -0.15) is 0 Å². The number of aliphatic hydroxyl groups excluding tert-OH is 3. The van der Waals surface area contributed by atoms with E-state index < -0.39 is 132 Å². The van der Waals surface area contributed by atoms with Gasteiger partial charge in [0.1, 0.15) is 51.7 Å². The molecule has 0 spiro atoms. The van der Waals surface area contributed by atoms with Crippen LogP contribution in [-0.4, -0.2) is 298 Å². The number of aliphatic hydroxyl groups is 3. The summed E-state index contributed by atoms with van der Waals surface area (Å²) in [4.78, 5) is 163. The first-order valence-corrected chi connectivity index (χ1v) is 38.4. The second-order valence-electron chi connectivity index (χ2n) is 21.1. The van der Waals surface area contributed by atoms with Gasteiger partial charge < -0.3 is 100 Å². The molecule has 0 unspecified atom stereocenters. The van der Waals surface area contributed by atoms with Crippen molar-refractivity contribution in [3.8, 4) is 24.7 Å². The van der Waals surface area contributed by atoms with E-state index in [1.807, 2.05) is 5.32 Å². The molecule has 2 aliphatic heterocycles. The van der Waals surface area contributed by atoms with E-state index in [2.05, 4.69) is 114 Å². The maximum absolute atomic E-state index is 11.2. The topological polar surface area (TPSA) is 712 Å². The number of halogens is 2. The SMILES string of the molecule is CCN(C(C)C)C(C)C.CCl.CO.COC(=O)[C@@H]1CCCC(=O)N1.NCCCC[C@H](N)C(=O)O.O=BC#CO.O=C1CCC[C@@H](CO)N1.O=CO[O-].[2H]C#C.[B].[B]C(=O)NC(=O)CCC[C@H](NC([B])=O)C(=O)OC.[B]C(=O)NCCCC[C@H](NC([B])=O)C(=O)O.[B]C(=O)NCCCC[C@H](NC([B])=O)C(=O)OC.[H-].[K+].[Na+].[Na+].[O-][I+3]([O-])([O-])[O-].[O]=[Ru]=[O]. The van der Waals surface area contributed by atoms with Crippen molar-refractivity contribution >= 4 is 163 Å². The predicted octanol–water partition coefficient (Wildman–Crippen LogP) is -19.8. The maximum atomic E-state index is 11.2. The van der Waals surface area contributed by atoms with Crippen LogP contribution < -0.4 is 204 Å². The summed E-state index contributed by atoms with van der Waals surface area (Å²) in [5, 5.41) is 67.0. The van der Waals surface area contributed by atoms with Gasteiger partial charge in [-0.25, -0.2) is 19.2 Å². The summed E-state index contributed by atoms with van der Waals surface area (Å²) in [6.45, 7) is 13.6. The van der Waals surface area contributed by atoms with Crippen LogP contribution in [0.2, 0.25) is 0 Å². The van der Waals surface area contributed by atoms with Crippen LogP contribution in [0.15, 0.2) is 0 Å². The van der Waals surface area contributed by atoms with Crippen molar-refractivity contribution in [1.82, 2.24) is 47.4 Å². The summed E-state index contributed by atoms with van der Waals surface area (Å²) < 4.78 is 79.7. The normalized spacial score (nSPS) is 12.5. The quantitative estimate of drug-likeness (QED) is 0.00293. The number of esters is 3. The van der Waals surface area contributed by atoms with E-state index >= 15 is 0 Å². The molecule has 57 heteroatoms. The van der Waals surface area contributed by atoms with E-state index in [1.165, 1.54) is 33.1 Å². The van der Waals surface area contributed by atoms with Gasteiger partial charge in [-0.05, 0) is 131 Å². The van der Waals surface area contributed by atoms with Gasteiger partial charge in [-0.3, -0.25) is 71.4 Å². The monoisotopic (exact) mass is 1930 g/mol. The number of methoxy groups -OCH3 is 3. The number of rotatable bonds is 31. The molecule has 6 atom stereocenters. The molecule has 17 N–H and O–H groups in total. The number of ether oxygens (including phenoxy) is 3. The van der Waals surface area contributed by atoms with E-state index in [9.17, 15) is 67.1 Å². The molecule has 43 nitrogen and oxygen atoms in total. The minimum atomic E-state index is -5.94. The number of carbonyl (C=O) groups excluding carboxylic acids is 13. The molecule has 2 rings (SSSR count). The van der Waals surface area contributed by atoms with Crippen molar-refractivity contribution in [2.75, 3.05) is 67.6 Å². The van der Waals surface area contributed by atoms with Crippen LogP contribution in [0.5, 0.6) is 0 Å². The predicted molar refractivity (Wildman–Crippen MR) is 398 cm³/mol. The Morgan fingerprint density at radius 1 is 0.709 bits per heavy atom. The average molecular weight is 1930 g/mol. The van der Waals surface area contributed by atoms with E-state index in [4.69, 9.17) is 121 Å². The van der Waals surface area contributed by atoms with Crippen molar-refractivity contribution in [2.24, 2.45) is 11.5 Å². The van der Waals surface area contributed by atoms with Gasteiger partial charge in [0.15, 0.2) is 50.5 Å². The average Bonchev–Trinajstić information content (AvgIpc) is 0.913. The number of carbonyl (C=O) groups is 15. The van der Waals surface area contributed by atoms with E-state index in [0.717, 1.165) is 52.9 Å². The van der Waals surface area contributed by atoms with Gasteiger partial charge in [-0.1, -0.05) is 13.3 Å².